The zero-order valence-corrected chi connectivity index (χ0v) is 14.1. The second-order valence-electron chi connectivity index (χ2n) is 2.71. The van der Waals surface area contributed by atoms with Crippen LogP contribution in [0.2, 0.25) is 5.02 Å². The van der Waals surface area contributed by atoms with E-state index in [0.29, 0.717) is 0 Å². The van der Waals surface area contributed by atoms with Crippen molar-refractivity contribution in [2.75, 3.05) is 0 Å². The molecule has 3 nitrogen and oxygen atoms in total. The van der Waals surface area contributed by atoms with Crippen molar-refractivity contribution in [1.82, 2.24) is 10.1 Å². The van der Waals surface area contributed by atoms with Crippen LogP contribution in [-0.4, -0.2) is 10.1 Å². The van der Waals surface area contributed by atoms with Crippen LogP contribution in [0.3, 0.4) is 0 Å². The van der Waals surface area contributed by atoms with Crippen LogP contribution in [0.25, 0.3) is 11.0 Å². The fourth-order valence-electron chi connectivity index (χ4n) is 1.19. The molecule has 0 aromatic carbocycles. The molecule has 2 heterocycles. The van der Waals surface area contributed by atoms with E-state index in [1.54, 1.807) is 0 Å². The quantitative estimate of drug-likeness (QED) is 0.308. The van der Waals surface area contributed by atoms with Gasteiger partial charge in [-0.15, -0.1) is 0 Å². The summed E-state index contributed by atoms with van der Waals surface area (Å²) in [6, 6.07) is 0. The van der Waals surface area contributed by atoms with Gasteiger partial charge in [-0.25, -0.2) is 5.10 Å². The highest BCUT2D eigenvalue weighted by Crippen LogP contribution is 2.31. The Morgan fingerprint density at radius 2 is 2.00 bits per heavy atom. The number of aromatic amines is 1. The van der Waals surface area contributed by atoms with Gasteiger partial charge in [-0.05, 0) is 50.2 Å². The van der Waals surface area contributed by atoms with E-state index in [4.69, 9.17) is 11.6 Å². The molecule has 7 heteroatoms. The number of fused-ring (bicyclic) bond motifs is 1. The maximum Gasteiger partial charge on any atom is 0.353 e. The Morgan fingerprint density at radius 3 is 2.64 bits per heavy atom. The first-order chi connectivity index (χ1) is 6.52. The van der Waals surface area contributed by atoms with Crippen LogP contribution >= 0.6 is 79.4 Å². The molecule has 14 heavy (non-hydrogen) atoms. The van der Waals surface area contributed by atoms with Crippen LogP contribution in [0, 0.1) is 11.0 Å². The lowest BCUT2D eigenvalue weighted by atomic mass is 10.3. The lowest BCUT2D eigenvalue weighted by Gasteiger charge is -1.94. The maximum absolute atomic E-state index is 6.26. The minimum absolute atomic E-state index is 0.779. The number of aromatic nitrogens is 3. The number of pyridine rings is 1. The number of nitrogens with zero attached hydrogens (tertiary/aromatic N) is 2. The van der Waals surface area contributed by atoms with Crippen molar-refractivity contribution in [2.24, 2.45) is 7.05 Å². The van der Waals surface area contributed by atoms with E-state index in [0.717, 1.165) is 27.0 Å². The fraction of sp³-hybridized carbons (Fsp3) is 0.143. The lowest BCUT2D eigenvalue weighted by Crippen LogP contribution is -2.31. The Hall–Kier alpha value is 1.10. The molecule has 2 aromatic heterocycles. The summed E-state index contributed by atoms with van der Waals surface area (Å²) in [5.41, 5.74) is 0.893. The fourth-order valence-corrected chi connectivity index (χ4v) is 3.54. The first kappa shape index (κ1) is 11.6. The van der Waals surface area contributed by atoms with Gasteiger partial charge < -0.3 is 0 Å². The Kier molecular flexibility index (Phi) is 3.45. The van der Waals surface area contributed by atoms with Crippen LogP contribution in [0.1, 0.15) is 0 Å². The molecule has 2 rings (SSSR count). The summed E-state index contributed by atoms with van der Waals surface area (Å²) in [7, 11) is 1.93. The zero-order valence-electron chi connectivity index (χ0n) is 6.91. The van der Waals surface area contributed by atoms with E-state index < -0.39 is 0 Å². The van der Waals surface area contributed by atoms with Crippen molar-refractivity contribution < 1.29 is 4.68 Å². The lowest BCUT2D eigenvalue weighted by molar-refractivity contribution is -0.705. The minimum atomic E-state index is 0.779. The molecular weight excluding hydrogens is 542 g/mol. The van der Waals surface area contributed by atoms with Crippen molar-refractivity contribution >= 4 is 90.4 Å². The normalized spacial score (nSPS) is 11.2. The molecule has 0 aliphatic heterocycles. The van der Waals surface area contributed by atoms with Crippen molar-refractivity contribution in [3.05, 3.63) is 16.0 Å². The number of nitrogens with one attached hydrogen (secondary N) is 1. The highest BCUT2D eigenvalue weighted by Gasteiger charge is 2.22. The molecular formula is C7H4ClI3N3+. The first-order valence-electron chi connectivity index (χ1n) is 3.60. The molecule has 0 aliphatic rings. The molecule has 0 spiro atoms. The molecule has 0 saturated carbocycles. The van der Waals surface area contributed by atoms with Crippen molar-refractivity contribution in [2.45, 2.75) is 0 Å². The number of hydrogen-bond acceptors (Lipinski definition) is 1. The Labute approximate surface area is 126 Å². The minimum Gasteiger partial charge on any atom is -0.222 e. The first-order valence-corrected chi connectivity index (χ1v) is 7.21. The van der Waals surface area contributed by atoms with E-state index in [-0.39, 0.29) is 0 Å². The topological polar surface area (TPSA) is 32.6 Å². The largest absolute Gasteiger partial charge is 0.353 e. The molecule has 0 radical (unpaired) electrons. The van der Waals surface area contributed by atoms with Gasteiger partial charge in [0.15, 0.2) is 0 Å². The number of hydrogen-bond donors (Lipinski definition) is 1. The Bertz CT molecular complexity index is 523. The third-order valence-corrected chi connectivity index (χ3v) is 6.16. The summed E-state index contributed by atoms with van der Waals surface area (Å²) in [6.45, 7) is 0. The van der Waals surface area contributed by atoms with Gasteiger partial charge in [0.2, 0.25) is 3.70 Å². The van der Waals surface area contributed by atoms with Gasteiger partial charge in [-0.1, -0.05) is 11.6 Å². The second kappa shape index (κ2) is 4.17. The van der Waals surface area contributed by atoms with Gasteiger partial charge in [0.25, 0.3) is 0 Å². The molecule has 0 bridgehead atoms. The van der Waals surface area contributed by atoms with E-state index in [9.17, 15) is 0 Å². The van der Waals surface area contributed by atoms with E-state index >= 15 is 0 Å². The summed E-state index contributed by atoms with van der Waals surface area (Å²) in [5, 5.41) is 4.94. The third-order valence-electron chi connectivity index (χ3n) is 1.82. The van der Waals surface area contributed by atoms with Crippen LogP contribution in [0.15, 0.2) is 0 Å². The van der Waals surface area contributed by atoms with Gasteiger partial charge in [0, 0.05) is 22.6 Å². The molecule has 74 valence electrons. The number of H-pyrrole nitrogens is 1. The molecule has 1 N–H and O–H groups in total. The number of aryl methyl sites for hydroxylation is 1. The van der Waals surface area contributed by atoms with Crippen molar-refractivity contribution in [3.63, 3.8) is 0 Å². The molecule has 0 amide bonds. The van der Waals surface area contributed by atoms with E-state index in [1.807, 2.05) is 11.7 Å². The van der Waals surface area contributed by atoms with Crippen LogP contribution in [0.4, 0.5) is 0 Å². The zero-order chi connectivity index (χ0) is 10.5. The summed E-state index contributed by atoms with van der Waals surface area (Å²) >= 11 is 12.9. The smallest absolute Gasteiger partial charge is 0.222 e. The number of rotatable bonds is 0. The highest BCUT2D eigenvalue weighted by atomic mass is 127. The third kappa shape index (κ3) is 1.75. The predicted octanol–water partition coefficient (Wildman–Crippen LogP) is 2.85. The average molecular weight is 546 g/mol. The highest BCUT2D eigenvalue weighted by molar-refractivity contribution is 14.1. The Morgan fingerprint density at radius 1 is 1.36 bits per heavy atom. The van der Waals surface area contributed by atoms with Gasteiger partial charge in [-0.2, -0.15) is 4.68 Å². The van der Waals surface area contributed by atoms with E-state index in [1.165, 1.54) is 0 Å². The maximum atomic E-state index is 6.26. The van der Waals surface area contributed by atoms with Crippen molar-refractivity contribution in [3.8, 4) is 0 Å². The molecule has 0 atom stereocenters. The number of halogens is 4. The molecule has 0 saturated heterocycles. The molecule has 0 aliphatic carbocycles. The van der Waals surface area contributed by atoms with Gasteiger partial charge in [0.05, 0.1) is 8.59 Å². The summed E-state index contributed by atoms with van der Waals surface area (Å²) in [6.07, 6.45) is 0. The standard InChI is InChI=1S/C7H3ClI3N3/c1-14-7-2(5(10)13-14)3(8)4(9)6(11)12-7/h1H3/p+1. The summed E-state index contributed by atoms with van der Waals surface area (Å²) in [5.74, 6) is 0. The van der Waals surface area contributed by atoms with E-state index in [2.05, 4.69) is 77.9 Å². The molecule has 0 unspecified atom stereocenters. The molecule has 2 aromatic rings. The monoisotopic (exact) mass is 546 g/mol. The van der Waals surface area contributed by atoms with Gasteiger partial charge in [0.1, 0.15) is 16.1 Å². The summed E-state index contributed by atoms with van der Waals surface area (Å²) < 4.78 is 4.84. The SMILES string of the molecule is C[n+]1[nH]c(I)c2c(Cl)c(I)c(I)nc21. The predicted molar refractivity (Wildman–Crippen MR) is 80.4 cm³/mol. The van der Waals surface area contributed by atoms with Gasteiger partial charge >= 0.3 is 5.65 Å². The van der Waals surface area contributed by atoms with Crippen LogP contribution < -0.4 is 4.68 Å². The van der Waals surface area contributed by atoms with Gasteiger partial charge in [-0.3, -0.25) is 0 Å². The average Bonchev–Trinajstić information content (AvgIpc) is 2.38. The van der Waals surface area contributed by atoms with Crippen LogP contribution in [0.5, 0.6) is 0 Å². The van der Waals surface area contributed by atoms with Crippen molar-refractivity contribution in [1.29, 1.82) is 0 Å². The second-order valence-corrected chi connectivity index (χ2v) is 6.27. The summed E-state index contributed by atoms with van der Waals surface area (Å²) in [4.78, 5) is 4.48. The Balaban J connectivity index is 3.01. The molecule has 0 fully saturated rings. The van der Waals surface area contributed by atoms with Crippen LogP contribution in [-0.2, 0) is 7.05 Å².